The molecule has 1 aliphatic rings. The fourth-order valence-corrected chi connectivity index (χ4v) is 2.59. The summed E-state index contributed by atoms with van der Waals surface area (Å²) in [5.74, 6) is 0.547. The van der Waals surface area contributed by atoms with E-state index in [1.807, 2.05) is 18.2 Å². The van der Waals surface area contributed by atoms with Crippen LogP contribution in [0.2, 0.25) is 0 Å². The zero-order valence-electron chi connectivity index (χ0n) is 10.8. The number of benzene rings is 1. The SMILES string of the molecule is COc1ccc(CN2C(=O)CNC(=O)C2C)cc1Br. The van der Waals surface area contributed by atoms with E-state index < -0.39 is 6.04 Å². The zero-order valence-corrected chi connectivity index (χ0v) is 12.4. The first kappa shape index (κ1) is 13.9. The van der Waals surface area contributed by atoms with Gasteiger partial charge in [-0.3, -0.25) is 9.59 Å². The van der Waals surface area contributed by atoms with Crippen LogP contribution >= 0.6 is 15.9 Å². The quantitative estimate of drug-likeness (QED) is 0.911. The molecule has 1 aromatic carbocycles. The van der Waals surface area contributed by atoms with Gasteiger partial charge in [-0.05, 0) is 40.5 Å². The molecule has 1 saturated heterocycles. The third-order valence-electron chi connectivity index (χ3n) is 3.15. The van der Waals surface area contributed by atoms with E-state index in [0.29, 0.717) is 6.54 Å². The highest BCUT2D eigenvalue weighted by atomic mass is 79.9. The molecule has 0 aliphatic carbocycles. The number of carbonyl (C=O) groups is 2. The summed E-state index contributed by atoms with van der Waals surface area (Å²) in [5.41, 5.74) is 0.947. The van der Waals surface area contributed by atoms with Crippen molar-refractivity contribution in [2.24, 2.45) is 0 Å². The summed E-state index contributed by atoms with van der Waals surface area (Å²) in [6.07, 6.45) is 0. The van der Waals surface area contributed by atoms with Crippen LogP contribution in [0.3, 0.4) is 0 Å². The summed E-state index contributed by atoms with van der Waals surface area (Å²) in [4.78, 5) is 25.0. The fourth-order valence-electron chi connectivity index (χ4n) is 2.00. The minimum absolute atomic E-state index is 0.0699. The summed E-state index contributed by atoms with van der Waals surface area (Å²) < 4.78 is 5.99. The Bertz CT molecular complexity index is 519. The normalized spacial score (nSPS) is 19.3. The van der Waals surface area contributed by atoms with Crippen LogP contribution in [0.15, 0.2) is 22.7 Å². The van der Waals surface area contributed by atoms with E-state index >= 15 is 0 Å². The largest absolute Gasteiger partial charge is 0.496 e. The predicted octanol–water partition coefficient (Wildman–Crippen LogP) is 1.30. The maximum Gasteiger partial charge on any atom is 0.242 e. The number of hydrogen-bond acceptors (Lipinski definition) is 3. The van der Waals surface area contributed by atoms with Gasteiger partial charge in [0.15, 0.2) is 0 Å². The van der Waals surface area contributed by atoms with Gasteiger partial charge in [0, 0.05) is 6.54 Å². The Hall–Kier alpha value is -1.56. The number of hydrogen-bond donors (Lipinski definition) is 1. The second kappa shape index (κ2) is 5.61. The molecule has 1 N–H and O–H groups in total. The molecule has 102 valence electrons. The Balaban J connectivity index is 2.17. The van der Waals surface area contributed by atoms with Crippen LogP contribution < -0.4 is 10.1 Å². The number of halogens is 1. The van der Waals surface area contributed by atoms with Gasteiger partial charge in [-0.25, -0.2) is 0 Å². The Kier molecular flexibility index (Phi) is 4.09. The van der Waals surface area contributed by atoms with Crippen LogP contribution in [-0.4, -0.2) is 36.4 Å². The second-order valence-corrected chi connectivity index (χ2v) is 5.24. The van der Waals surface area contributed by atoms with E-state index in [1.165, 1.54) is 0 Å². The van der Waals surface area contributed by atoms with Crippen molar-refractivity contribution >= 4 is 27.7 Å². The molecule has 1 heterocycles. The molecular weight excluding hydrogens is 312 g/mol. The van der Waals surface area contributed by atoms with Crippen LogP contribution in [0.1, 0.15) is 12.5 Å². The molecule has 0 spiro atoms. The molecule has 1 aliphatic heterocycles. The molecule has 6 heteroatoms. The van der Waals surface area contributed by atoms with E-state index in [9.17, 15) is 9.59 Å². The topological polar surface area (TPSA) is 58.6 Å². The number of piperazine rings is 1. The highest BCUT2D eigenvalue weighted by Gasteiger charge is 2.30. The minimum atomic E-state index is -0.442. The van der Waals surface area contributed by atoms with Crippen molar-refractivity contribution in [3.05, 3.63) is 28.2 Å². The third-order valence-corrected chi connectivity index (χ3v) is 3.77. The van der Waals surface area contributed by atoms with Gasteiger partial charge in [-0.1, -0.05) is 6.07 Å². The fraction of sp³-hybridized carbons (Fsp3) is 0.385. The van der Waals surface area contributed by atoms with Gasteiger partial charge >= 0.3 is 0 Å². The van der Waals surface area contributed by atoms with E-state index in [2.05, 4.69) is 21.2 Å². The average molecular weight is 327 g/mol. The van der Waals surface area contributed by atoms with Crippen LogP contribution in [0, 0.1) is 0 Å². The first-order valence-electron chi connectivity index (χ1n) is 5.92. The van der Waals surface area contributed by atoms with Gasteiger partial charge < -0.3 is 15.0 Å². The number of carbonyl (C=O) groups excluding carboxylic acids is 2. The monoisotopic (exact) mass is 326 g/mol. The number of ether oxygens (including phenoxy) is 1. The van der Waals surface area contributed by atoms with Crippen molar-refractivity contribution in [3.63, 3.8) is 0 Å². The molecule has 2 amide bonds. The first-order chi connectivity index (χ1) is 9.02. The average Bonchev–Trinajstić information content (AvgIpc) is 2.39. The van der Waals surface area contributed by atoms with Crippen molar-refractivity contribution < 1.29 is 14.3 Å². The van der Waals surface area contributed by atoms with E-state index in [4.69, 9.17) is 4.74 Å². The summed E-state index contributed by atoms with van der Waals surface area (Å²) in [6.45, 7) is 2.21. The van der Waals surface area contributed by atoms with E-state index in [1.54, 1.807) is 18.9 Å². The Morgan fingerprint density at radius 3 is 2.84 bits per heavy atom. The summed E-state index contributed by atoms with van der Waals surface area (Å²) in [5, 5.41) is 2.57. The molecule has 0 bridgehead atoms. The summed E-state index contributed by atoms with van der Waals surface area (Å²) >= 11 is 3.41. The zero-order chi connectivity index (χ0) is 14.0. The molecule has 0 aromatic heterocycles. The van der Waals surface area contributed by atoms with Gasteiger partial charge in [0.05, 0.1) is 18.1 Å². The van der Waals surface area contributed by atoms with Crippen LogP contribution in [-0.2, 0) is 16.1 Å². The van der Waals surface area contributed by atoms with Crippen LogP contribution in [0.25, 0.3) is 0 Å². The van der Waals surface area contributed by atoms with Crippen LogP contribution in [0.4, 0.5) is 0 Å². The Morgan fingerprint density at radius 1 is 1.47 bits per heavy atom. The van der Waals surface area contributed by atoms with Crippen molar-refractivity contribution in [3.8, 4) is 5.75 Å². The van der Waals surface area contributed by atoms with Crippen molar-refractivity contribution in [1.29, 1.82) is 0 Å². The van der Waals surface area contributed by atoms with Crippen molar-refractivity contribution in [1.82, 2.24) is 10.2 Å². The molecule has 2 rings (SSSR count). The standard InChI is InChI=1S/C13H15BrN2O3/c1-8-13(18)15-6-12(17)16(8)7-9-3-4-11(19-2)10(14)5-9/h3-5,8H,6-7H2,1-2H3,(H,15,18). The number of amides is 2. The molecule has 1 fully saturated rings. The van der Waals surface area contributed by atoms with Crippen molar-refractivity contribution in [2.45, 2.75) is 19.5 Å². The number of nitrogens with zero attached hydrogens (tertiary/aromatic N) is 1. The predicted molar refractivity (Wildman–Crippen MR) is 73.7 cm³/mol. The van der Waals surface area contributed by atoms with Crippen LogP contribution in [0.5, 0.6) is 5.75 Å². The summed E-state index contributed by atoms with van der Waals surface area (Å²) in [6, 6.07) is 5.17. The smallest absolute Gasteiger partial charge is 0.242 e. The van der Waals surface area contributed by atoms with Gasteiger partial charge in [0.25, 0.3) is 0 Å². The second-order valence-electron chi connectivity index (χ2n) is 4.38. The maximum absolute atomic E-state index is 11.8. The first-order valence-corrected chi connectivity index (χ1v) is 6.72. The van der Waals surface area contributed by atoms with E-state index in [-0.39, 0.29) is 18.4 Å². The lowest BCUT2D eigenvalue weighted by Crippen LogP contribution is -2.56. The van der Waals surface area contributed by atoms with Gasteiger partial charge in [0.2, 0.25) is 11.8 Å². The minimum Gasteiger partial charge on any atom is -0.496 e. The van der Waals surface area contributed by atoms with E-state index in [0.717, 1.165) is 15.8 Å². The molecule has 0 saturated carbocycles. The number of nitrogens with one attached hydrogen (secondary N) is 1. The highest BCUT2D eigenvalue weighted by molar-refractivity contribution is 9.10. The highest BCUT2D eigenvalue weighted by Crippen LogP contribution is 2.26. The molecule has 1 atom stereocenters. The summed E-state index contributed by atoms with van der Waals surface area (Å²) in [7, 11) is 1.60. The lowest BCUT2D eigenvalue weighted by molar-refractivity contribution is -0.145. The van der Waals surface area contributed by atoms with Crippen molar-refractivity contribution in [2.75, 3.05) is 13.7 Å². The maximum atomic E-state index is 11.8. The lowest BCUT2D eigenvalue weighted by Gasteiger charge is -2.32. The molecule has 1 aromatic rings. The number of rotatable bonds is 3. The Labute approximate surface area is 120 Å². The lowest BCUT2D eigenvalue weighted by atomic mass is 10.1. The van der Waals surface area contributed by atoms with Gasteiger partial charge in [-0.2, -0.15) is 0 Å². The van der Waals surface area contributed by atoms with Gasteiger partial charge in [0.1, 0.15) is 11.8 Å². The molecule has 19 heavy (non-hydrogen) atoms. The molecular formula is C13H15BrN2O3. The molecule has 5 nitrogen and oxygen atoms in total. The van der Waals surface area contributed by atoms with Gasteiger partial charge in [-0.15, -0.1) is 0 Å². The third kappa shape index (κ3) is 2.89. The molecule has 1 unspecified atom stereocenters. The Morgan fingerprint density at radius 2 is 2.21 bits per heavy atom. The number of methoxy groups -OCH3 is 1. The molecule has 0 radical (unpaired) electrons.